The van der Waals surface area contributed by atoms with Crippen LogP contribution in [0.3, 0.4) is 0 Å². The van der Waals surface area contributed by atoms with Gasteiger partial charge in [-0.2, -0.15) is 5.10 Å². The first-order valence-electron chi connectivity index (χ1n) is 4.08. The van der Waals surface area contributed by atoms with Gasteiger partial charge in [0, 0.05) is 11.1 Å². The van der Waals surface area contributed by atoms with Gasteiger partial charge in [-0.15, -0.1) is 0 Å². The molecule has 0 bridgehead atoms. The Morgan fingerprint density at radius 3 is 3.08 bits per heavy atom. The van der Waals surface area contributed by atoms with Crippen LogP contribution in [0.25, 0.3) is 10.9 Å². The van der Waals surface area contributed by atoms with Crippen molar-refractivity contribution >= 4 is 16.6 Å². The predicted octanol–water partition coefficient (Wildman–Crippen LogP) is 1.59. The first-order valence-corrected chi connectivity index (χ1v) is 4.08. The summed E-state index contributed by atoms with van der Waals surface area (Å²) < 4.78 is 13.7. The van der Waals surface area contributed by atoms with Crippen LogP contribution in [0, 0.1) is 0 Å². The molecule has 1 aromatic heterocycles. The Hall–Kier alpha value is -1.58. The fourth-order valence-corrected chi connectivity index (χ4v) is 1.36. The second-order valence-corrected chi connectivity index (χ2v) is 2.87. The molecule has 0 radical (unpaired) electrons. The number of nitrogen functional groups attached to an aromatic ring is 1. The Kier molecular flexibility index (Phi) is 1.88. The number of hydrogen-bond acceptors (Lipinski definition) is 2. The fourth-order valence-electron chi connectivity index (χ4n) is 1.36. The number of hydrogen-bond donors (Lipinski definition) is 1. The molecule has 0 aliphatic rings. The van der Waals surface area contributed by atoms with Crippen LogP contribution in [0.15, 0.2) is 24.4 Å². The van der Waals surface area contributed by atoms with Crippen LogP contribution in [0.4, 0.5) is 10.1 Å². The molecule has 0 atom stereocenters. The standard InChI is InChI=1S/C9H10FN3/c10-3-4-13-9-2-1-8(11)5-7(9)6-12-13/h1-2,5-6H,3-4,11H2. The second-order valence-electron chi connectivity index (χ2n) is 2.87. The van der Waals surface area contributed by atoms with Crippen molar-refractivity contribution < 1.29 is 4.39 Å². The molecule has 0 spiro atoms. The molecule has 0 amide bonds. The van der Waals surface area contributed by atoms with Gasteiger partial charge in [0.2, 0.25) is 0 Å². The average Bonchev–Trinajstić information content (AvgIpc) is 2.49. The van der Waals surface area contributed by atoms with E-state index < -0.39 is 6.67 Å². The Labute approximate surface area is 75.0 Å². The zero-order valence-corrected chi connectivity index (χ0v) is 7.07. The predicted molar refractivity (Wildman–Crippen MR) is 50.1 cm³/mol. The number of nitrogens with zero attached hydrogens (tertiary/aromatic N) is 2. The van der Waals surface area contributed by atoms with E-state index >= 15 is 0 Å². The lowest BCUT2D eigenvalue weighted by atomic mass is 10.2. The number of halogens is 1. The van der Waals surface area contributed by atoms with Gasteiger partial charge < -0.3 is 5.73 Å². The summed E-state index contributed by atoms with van der Waals surface area (Å²) in [7, 11) is 0. The molecule has 68 valence electrons. The van der Waals surface area contributed by atoms with Crippen LogP contribution in [0.1, 0.15) is 0 Å². The molecule has 0 unspecified atom stereocenters. The van der Waals surface area contributed by atoms with E-state index in [9.17, 15) is 4.39 Å². The van der Waals surface area contributed by atoms with Crippen molar-refractivity contribution in [3.63, 3.8) is 0 Å². The highest BCUT2D eigenvalue weighted by Crippen LogP contribution is 2.16. The van der Waals surface area contributed by atoms with Crippen LogP contribution < -0.4 is 5.73 Å². The van der Waals surface area contributed by atoms with E-state index in [4.69, 9.17) is 5.73 Å². The smallest absolute Gasteiger partial charge is 0.109 e. The quantitative estimate of drug-likeness (QED) is 0.711. The zero-order valence-electron chi connectivity index (χ0n) is 7.07. The number of fused-ring (bicyclic) bond motifs is 1. The molecule has 0 saturated carbocycles. The first kappa shape index (κ1) is 8.04. The maximum Gasteiger partial charge on any atom is 0.109 e. The lowest BCUT2D eigenvalue weighted by Gasteiger charge is -1.99. The molecule has 0 saturated heterocycles. The molecule has 1 heterocycles. The van der Waals surface area contributed by atoms with Crippen molar-refractivity contribution in [2.24, 2.45) is 0 Å². The molecular formula is C9H10FN3. The van der Waals surface area contributed by atoms with E-state index in [1.54, 1.807) is 16.9 Å². The second kappa shape index (κ2) is 3.05. The summed E-state index contributed by atoms with van der Waals surface area (Å²) in [6, 6.07) is 5.48. The molecule has 0 aliphatic carbocycles. The van der Waals surface area contributed by atoms with Crippen molar-refractivity contribution in [3.8, 4) is 0 Å². The normalized spacial score (nSPS) is 10.8. The Balaban J connectivity index is 2.55. The summed E-state index contributed by atoms with van der Waals surface area (Å²) in [4.78, 5) is 0. The number of rotatable bonds is 2. The van der Waals surface area contributed by atoms with Crippen LogP contribution in [-0.4, -0.2) is 16.5 Å². The van der Waals surface area contributed by atoms with Crippen molar-refractivity contribution in [1.29, 1.82) is 0 Å². The lowest BCUT2D eigenvalue weighted by molar-refractivity contribution is 0.433. The fraction of sp³-hybridized carbons (Fsp3) is 0.222. The molecule has 0 fully saturated rings. The molecule has 0 aliphatic heterocycles. The monoisotopic (exact) mass is 179 g/mol. The Bertz CT molecular complexity index is 422. The van der Waals surface area contributed by atoms with Gasteiger partial charge in [-0.1, -0.05) is 0 Å². The van der Waals surface area contributed by atoms with E-state index in [2.05, 4.69) is 5.10 Å². The molecule has 3 nitrogen and oxygen atoms in total. The number of benzene rings is 1. The minimum atomic E-state index is -0.402. The third-order valence-corrected chi connectivity index (χ3v) is 1.96. The third kappa shape index (κ3) is 1.35. The van der Waals surface area contributed by atoms with Crippen molar-refractivity contribution in [2.75, 3.05) is 12.4 Å². The Morgan fingerprint density at radius 1 is 1.46 bits per heavy atom. The largest absolute Gasteiger partial charge is 0.399 e. The molecule has 1 aromatic carbocycles. The van der Waals surface area contributed by atoms with Gasteiger partial charge in [0.15, 0.2) is 0 Å². The number of alkyl halides is 1. The van der Waals surface area contributed by atoms with Gasteiger partial charge in [-0.05, 0) is 18.2 Å². The summed E-state index contributed by atoms with van der Waals surface area (Å²) in [6.45, 7) is -0.103. The van der Waals surface area contributed by atoms with Crippen molar-refractivity contribution in [3.05, 3.63) is 24.4 Å². The summed E-state index contributed by atoms with van der Waals surface area (Å²) in [5.74, 6) is 0. The van der Waals surface area contributed by atoms with E-state index in [0.29, 0.717) is 12.2 Å². The van der Waals surface area contributed by atoms with Gasteiger partial charge in [0.05, 0.1) is 18.3 Å². The third-order valence-electron chi connectivity index (χ3n) is 1.96. The number of nitrogens with two attached hydrogens (primary N) is 1. The minimum Gasteiger partial charge on any atom is -0.399 e. The molecule has 4 heteroatoms. The highest BCUT2D eigenvalue weighted by molar-refractivity contribution is 5.81. The van der Waals surface area contributed by atoms with Crippen LogP contribution >= 0.6 is 0 Å². The summed E-state index contributed by atoms with van der Waals surface area (Å²) in [5, 5.41) is 5.00. The van der Waals surface area contributed by atoms with Gasteiger partial charge in [0.1, 0.15) is 6.67 Å². The highest BCUT2D eigenvalue weighted by Gasteiger charge is 2.01. The Morgan fingerprint density at radius 2 is 2.31 bits per heavy atom. The lowest BCUT2D eigenvalue weighted by Crippen LogP contribution is -2.00. The van der Waals surface area contributed by atoms with Gasteiger partial charge in [0.25, 0.3) is 0 Å². The van der Waals surface area contributed by atoms with Crippen LogP contribution in [0.2, 0.25) is 0 Å². The van der Waals surface area contributed by atoms with E-state index in [1.165, 1.54) is 0 Å². The maximum atomic E-state index is 12.1. The summed E-state index contributed by atoms with van der Waals surface area (Å²) in [6.07, 6.45) is 1.70. The van der Waals surface area contributed by atoms with Gasteiger partial charge in [-0.25, -0.2) is 4.39 Å². The number of aryl methyl sites for hydroxylation is 1. The highest BCUT2D eigenvalue weighted by atomic mass is 19.1. The minimum absolute atomic E-state index is 0.299. The molecule has 2 N–H and O–H groups in total. The first-order chi connectivity index (χ1) is 6.31. The van der Waals surface area contributed by atoms with E-state index in [0.717, 1.165) is 10.9 Å². The van der Waals surface area contributed by atoms with Gasteiger partial charge in [-0.3, -0.25) is 4.68 Å². The topological polar surface area (TPSA) is 43.8 Å². The molecule has 2 rings (SSSR count). The molecule has 13 heavy (non-hydrogen) atoms. The van der Waals surface area contributed by atoms with E-state index in [1.807, 2.05) is 12.1 Å². The SMILES string of the molecule is Nc1ccc2c(cnn2CCF)c1. The maximum absolute atomic E-state index is 12.1. The van der Waals surface area contributed by atoms with Crippen molar-refractivity contribution in [2.45, 2.75) is 6.54 Å². The van der Waals surface area contributed by atoms with Gasteiger partial charge >= 0.3 is 0 Å². The van der Waals surface area contributed by atoms with Crippen LogP contribution in [-0.2, 0) is 6.54 Å². The molecular weight excluding hydrogens is 169 g/mol. The summed E-state index contributed by atoms with van der Waals surface area (Å²) >= 11 is 0. The molecule has 2 aromatic rings. The van der Waals surface area contributed by atoms with E-state index in [-0.39, 0.29) is 0 Å². The zero-order chi connectivity index (χ0) is 9.26. The number of anilines is 1. The summed E-state index contributed by atoms with van der Waals surface area (Å²) in [5.41, 5.74) is 7.22. The van der Waals surface area contributed by atoms with Crippen LogP contribution in [0.5, 0.6) is 0 Å². The number of aromatic nitrogens is 2. The average molecular weight is 179 g/mol. The van der Waals surface area contributed by atoms with Crippen molar-refractivity contribution in [1.82, 2.24) is 9.78 Å².